The maximum atomic E-state index is 4.10. The Bertz CT molecular complexity index is 268. The Morgan fingerprint density at radius 1 is 0.882 bits per heavy atom. The molecular formula is C12H19N4Pt-3. The number of rotatable bonds is 7. The van der Waals surface area contributed by atoms with Crippen molar-refractivity contribution < 1.29 is 21.1 Å². The first-order chi connectivity index (χ1) is 7.41. The summed E-state index contributed by atoms with van der Waals surface area (Å²) in [6, 6.07) is 0. The molecule has 0 heterocycles. The summed E-state index contributed by atoms with van der Waals surface area (Å²) < 4.78 is 0. The molecule has 17 heavy (non-hydrogen) atoms. The Morgan fingerprint density at radius 2 is 1.47 bits per heavy atom. The van der Waals surface area contributed by atoms with Crippen molar-refractivity contribution in [1.29, 1.82) is 0 Å². The fourth-order valence-corrected chi connectivity index (χ4v) is 0.683. The van der Waals surface area contributed by atoms with E-state index in [1.807, 2.05) is 6.08 Å². The van der Waals surface area contributed by atoms with Crippen LogP contribution in [0.25, 0.3) is 0 Å². The van der Waals surface area contributed by atoms with Crippen LogP contribution < -0.4 is 0 Å². The maximum Gasteiger partial charge on any atom is 0.0583 e. The van der Waals surface area contributed by atoms with Crippen molar-refractivity contribution in [1.82, 2.24) is 0 Å². The summed E-state index contributed by atoms with van der Waals surface area (Å²) in [4.78, 5) is 15.3. The van der Waals surface area contributed by atoms with Crippen LogP contribution in [0.5, 0.6) is 0 Å². The first-order valence-electron chi connectivity index (χ1n) is 4.61. The predicted molar refractivity (Wildman–Crippen MR) is 74.3 cm³/mol. The van der Waals surface area contributed by atoms with Crippen LogP contribution >= 0.6 is 0 Å². The summed E-state index contributed by atoms with van der Waals surface area (Å²) in [6.45, 7) is 0.631. The van der Waals surface area contributed by atoms with Crippen LogP contribution in [0.3, 0.4) is 0 Å². The molecule has 0 atom stereocenters. The van der Waals surface area contributed by atoms with Gasteiger partial charge in [0.05, 0.1) is 6.54 Å². The quantitative estimate of drug-likeness (QED) is 0.454. The fourth-order valence-electron chi connectivity index (χ4n) is 0.683. The standard InChI is InChI=1S/C11H16N4.CH3.Pt/c1-12-6-3-8-14-10-5-11-15-9-4-7-13-2;;/h5-10H,1-4,11H2;1H3;/q-2;-1;. The Kier molecular flexibility index (Phi) is 25.3. The summed E-state index contributed by atoms with van der Waals surface area (Å²) in [5, 5.41) is 0. The van der Waals surface area contributed by atoms with Crippen molar-refractivity contribution in [2.24, 2.45) is 20.0 Å². The normalized spacial score (nSPS) is 11.8. The molecule has 0 unspecified atom stereocenters. The first kappa shape index (κ1) is 21.2. The first-order valence-corrected chi connectivity index (χ1v) is 4.61. The zero-order valence-corrected chi connectivity index (χ0v) is 12.4. The molecule has 4 nitrogen and oxygen atoms in total. The van der Waals surface area contributed by atoms with Crippen molar-refractivity contribution in [3.63, 3.8) is 0 Å². The van der Waals surface area contributed by atoms with E-state index in [2.05, 4.69) is 34.1 Å². The average molecular weight is 414 g/mol. The third-order valence-electron chi connectivity index (χ3n) is 1.32. The third kappa shape index (κ3) is 20.8. The maximum absolute atomic E-state index is 4.10. The molecule has 0 N–H and O–H groups in total. The van der Waals surface area contributed by atoms with Crippen LogP contribution in [0.1, 0.15) is 12.8 Å². The van der Waals surface area contributed by atoms with E-state index >= 15 is 0 Å². The zero-order valence-electron chi connectivity index (χ0n) is 10.1. The zero-order chi connectivity index (χ0) is 11.2. The second-order valence-electron chi connectivity index (χ2n) is 2.47. The summed E-state index contributed by atoms with van der Waals surface area (Å²) in [7, 11) is 6.65. The van der Waals surface area contributed by atoms with Crippen molar-refractivity contribution in [2.45, 2.75) is 12.8 Å². The van der Waals surface area contributed by atoms with Gasteiger partial charge in [0.2, 0.25) is 0 Å². The molecule has 0 saturated heterocycles. The van der Waals surface area contributed by atoms with Gasteiger partial charge in [-0.2, -0.15) is 14.1 Å². The van der Waals surface area contributed by atoms with Gasteiger partial charge in [-0.15, -0.1) is 12.4 Å². The van der Waals surface area contributed by atoms with Crippen LogP contribution in [0, 0.1) is 21.5 Å². The minimum atomic E-state index is 0. The third-order valence-corrected chi connectivity index (χ3v) is 1.32. The molecule has 0 aromatic carbocycles. The molecule has 0 spiro atoms. The molecule has 0 amide bonds. The van der Waals surface area contributed by atoms with Gasteiger partial charge in [-0.25, -0.2) is 0 Å². The molecule has 0 radical (unpaired) electrons. The molecule has 0 aromatic rings. The fraction of sp³-hybridized carbons (Fsp3) is 0.250. The smallest absolute Gasteiger partial charge is 0.0583 e. The van der Waals surface area contributed by atoms with Gasteiger partial charge in [-0.3, -0.25) is 9.98 Å². The Morgan fingerprint density at radius 3 is 2.06 bits per heavy atom. The van der Waals surface area contributed by atoms with E-state index in [1.54, 1.807) is 31.1 Å². The summed E-state index contributed by atoms with van der Waals surface area (Å²) in [5.41, 5.74) is 0. The number of hydrogen-bond donors (Lipinski definition) is 0. The minimum Gasteiger partial charge on any atom is -0.461 e. The van der Waals surface area contributed by atoms with Gasteiger partial charge in [0.15, 0.2) is 0 Å². The van der Waals surface area contributed by atoms with Crippen molar-refractivity contribution in [2.75, 3.05) is 6.54 Å². The van der Waals surface area contributed by atoms with Crippen LogP contribution in [0.4, 0.5) is 0 Å². The topological polar surface area (TPSA) is 49.4 Å². The van der Waals surface area contributed by atoms with Gasteiger partial charge in [-0.05, 0) is 31.3 Å². The largest absolute Gasteiger partial charge is 0.461 e. The molecular weight excluding hydrogens is 395 g/mol. The summed E-state index contributed by atoms with van der Waals surface area (Å²) in [5.74, 6) is 0. The molecule has 100 valence electrons. The minimum absolute atomic E-state index is 0. The van der Waals surface area contributed by atoms with E-state index in [-0.39, 0.29) is 28.5 Å². The molecule has 0 rings (SSSR count). The second-order valence-corrected chi connectivity index (χ2v) is 2.47. The number of nitrogens with zero attached hydrogens (tertiary/aromatic N) is 4. The molecule has 0 aliphatic heterocycles. The van der Waals surface area contributed by atoms with Crippen molar-refractivity contribution >= 4 is 24.9 Å². The monoisotopic (exact) mass is 414 g/mol. The molecule has 0 aliphatic carbocycles. The van der Waals surface area contributed by atoms with E-state index < -0.39 is 0 Å². The van der Waals surface area contributed by atoms with Gasteiger partial charge >= 0.3 is 0 Å². The van der Waals surface area contributed by atoms with Crippen LogP contribution in [-0.4, -0.2) is 31.4 Å². The van der Waals surface area contributed by atoms with E-state index in [0.717, 1.165) is 6.42 Å². The van der Waals surface area contributed by atoms with Gasteiger partial charge in [0.1, 0.15) is 0 Å². The molecule has 0 aliphatic rings. The molecule has 0 aromatic heterocycles. The summed E-state index contributed by atoms with van der Waals surface area (Å²) >= 11 is 0. The van der Waals surface area contributed by atoms with E-state index in [4.69, 9.17) is 0 Å². The second kappa shape index (κ2) is 20.3. The number of hydrogen-bond acceptors (Lipinski definition) is 4. The molecule has 0 saturated carbocycles. The molecule has 0 bridgehead atoms. The summed E-state index contributed by atoms with van der Waals surface area (Å²) in [6.07, 6.45) is 11.9. The average Bonchev–Trinajstić information content (AvgIpc) is 2.26. The Balaban J connectivity index is -0.000000980. The van der Waals surface area contributed by atoms with Crippen LogP contribution in [-0.2, 0) is 21.1 Å². The van der Waals surface area contributed by atoms with E-state index in [0.29, 0.717) is 13.0 Å². The number of aliphatic imine (C=N–C) groups is 4. The van der Waals surface area contributed by atoms with Gasteiger partial charge in [0, 0.05) is 27.3 Å². The van der Waals surface area contributed by atoms with Crippen molar-refractivity contribution in [3.8, 4) is 0 Å². The van der Waals surface area contributed by atoms with Gasteiger partial charge < -0.3 is 17.4 Å². The van der Waals surface area contributed by atoms with E-state index in [1.165, 1.54) is 0 Å². The Labute approximate surface area is 119 Å². The van der Waals surface area contributed by atoms with Gasteiger partial charge in [-0.1, -0.05) is 0 Å². The van der Waals surface area contributed by atoms with Crippen LogP contribution in [0.15, 0.2) is 32.2 Å². The van der Waals surface area contributed by atoms with Crippen LogP contribution in [0.2, 0.25) is 0 Å². The van der Waals surface area contributed by atoms with Gasteiger partial charge in [0.25, 0.3) is 0 Å². The molecule has 5 heteroatoms. The molecule has 0 fully saturated rings. The van der Waals surface area contributed by atoms with Crippen molar-refractivity contribution in [3.05, 3.63) is 33.8 Å². The SMILES string of the molecule is [CH2-]N=CCC=NC=CCN=CCC=N[CH2-].[CH3-].[Pt]. The predicted octanol–water partition coefficient (Wildman–Crippen LogP) is 2.59. The van der Waals surface area contributed by atoms with E-state index in [9.17, 15) is 0 Å². The Hall–Kier alpha value is -1.15.